The van der Waals surface area contributed by atoms with Gasteiger partial charge in [0, 0.05) is 23.6 Å². The highest BCUT2D eigenvalue weighted by molar-refractivity contribution is 7.99. The smallest absolute Gasteiger partial charge is 0.236 e. The summed E-state index contributed by atoms with van der Waals surface area (Å²) in [7, 11) is 0. The van der Waals surface area contributed by atoms with E-state index in [2.05, 4.69) is 32.3 Å². The molecule has 0 bridgehead atoms. The number of amides is 1. The Labute approximate surface area is 216 Å². The number of anilines is 1. The number of rotatable bonds is 10. The Balaban J connectivity index is 1.33. The molecule has 0 spiro atoms. The van der Waals surface area contributed by atoms with Crippen LogP contribution in [-0.2, 0) is 17.9 Å². The molecule has 0 saturated heterocycles. The standard InChI is InChI=1S/C22H24Cl2N6O2S2/c1-2-10-30-18(12-32-17-11-15(23)8-9-16(17)24)26-29-22(30)33-13-19(31)25-21-28-27-20(34-21)14-6-4-3-5-7-14/h2,8-9,11,14H,1,3-7,10,12-13H2,(H,25,28,31). The first-order valence-corrected chi connectivity index (χ1v) is 13.5. The Kier molecular flexibility index (Phi) is 8.82. The fraction of sp³-hybridized carbons (Fsp3) is 0.409. The molecule has 12 heteroatoms. The predicted molar refractivity (Wildman–Crippen MR) is 136 cm³/mol. The molecule has 34 heavy (non-hydrogen) atoms. The van der Waals surface area contributed by atoms with Crippen LogP contribution in [0.2, 0.25) is 10.0 Å². The first kappa shape index (κ1) is 25.0. The summed E-state index contributed by atoms with van der Waals surface area (Å²) >= 11 is 14.9. The number of thioether (sulfide) groups is 1. The first-order chi connectivity index (χ1) is 16.5. The van der Waals surface area contributed by atoms with E-state index in [1.54, 1.807) is 24.3 Å². The number of nitrogens with zero attached hydrogens (tertiary/aromatic N) is 5. The zero-order valence-electron chi connectivity index (χ0n) is 18.4. The number of halogens is 2. The van der Waals surface area contributed by atoms with Crippen molar-refractivity contribution < 1.29 is 9.53 Å². The lowest BCUT2D eigenvalue weighted by molar-refractivity contribution is -0.113. The van der Waals surface area contributed by atoms with E-state index < -0.39 is 0 Å². The van der Waals surface area contributed by atoms with E-state index in [1.165, 1.54) is 42.4 Å². The minimum Gasteiger partial charge on any atom is -0.484 e. The summed E-state index contributed by atoms with van der Waals surface area (Å²) in [6.45, 7) is 4.41. The van der Waals surface area contributed by atoms with Crippen LogP contribution >= 0.6 is 46.3 Å². The monoisotopic (exact) mass is 538 g/mol. The maximum atomic E-state index is 12.5. The average molecular weight is 540 g/mol. The summed E-state index contributed by atoms with van der Waals surface area (Å²) in [4.78, 5) is 12.5. The van der Waals surface area contributed by atoms with Gasteiger partial charge in [0.2, 0.25) is 11.0 Å². The molecule has 180 valence electrons. The molecule has 1 N–H and O–H groups in total. The molecule has 1 saturated carbocycles. The van der Waals surface area contributed by atoms with Crippen molar-refractivity contribution in [2.24, 2.45) is 0 Å². The zero-order chi connectivity index (χ0) is 23.9. The molecule has 1 aromatic carbocycles. The van der Waals surface area contributed by atoms with Gasteiger partial charge in [0.05, 0.1) is 10.8 Å². The molecular weight excluding hydrogens is 515 g/mol. The number of aromatic nitrogens is 5. The number of nitrogens with one attached hydrogen (secondary N) is 1. The molecule has 0 unspecified atom stereocenters. The molecule has 0 atom stereocenters. The molecular formula is C22H24Cl2N6O2S2. The lowest BCUT2D eigenvalue weighted by Gasteiger charge is -2.18. The molecule has 3 aromatic rings. The van der Waals surface area contributed by atoms with Crippen LogP contribution in [0.25, 0.3) is 0 Å². The summed E-state index contributed by atoms with van der Waals surface area (Å²) in [5.41, 5.74) is 0. The van der Waals surface area contributed by atoms with E-state index in [4.69, 9.17) is 27.9 Å². The molecule has 0 aliphatic heterocycles. The maximum absolute atomic E-state index is 12.5. The summed E-state index contributed by atoms with van der Waals surface area (Å²) in [5.74, 6) is 1.49. The summed E-state index contributed by atoms with van der Waals surface area (Å²) in [5, 5.41) is 22.8. The topological polar surface area (TPSA) is 94.8 Å². The molecule has 2 heterocycles. The van der Waals surface area contributed by atoms with E-state index in [-0.39, 0.29) is 18.3 Å². The molecule has 1 fully saturated rings. The van der Waals surface area contributed by atoms with Crippen molar-refractivity contribution in [3.05, 3.63) is 51.7 Å². The second-order valence-electron chi connectivity index (χ2n) is 7.78. The normalized spacial score (nSPS) is 14.2. The van der Waals surface area contributed by atoms with Crippen LogP contribution in [0.3, 0.4) is 0 Å². The van der Waals surface area contributed by atoms with Crippen molar-refractivity contribution in [2.75, 3.05) is 11.1 Å². The van der Waals surface area contributed by atoms with Gasteiger partial charge in [-0.1, -0.05) is 71.6 Å². The molecule has 1 amide bonds. The SMILES string of the molecule is C=CCn1c(COc2cc(Cl)ccc2Cl)nnc1SCC(=O)Nc1nnc(C2CCCCC2)s1. The van der Waals surface area contributed by atoms with E-state index in [9.17, 15) is 4.79 Å². The van der Waals surface area contributed by atoms with Gasteiger partial charge in [0.1, 0.15) is 17.4 Å². The van der Waals surface area contributed by atoms with Crippen molar-refractivity contribution in [1.29, 1.82) is 0 Å². The molecule has 2 aromatic heterocycles. The van der Waals surface area contributed by atoms with Gasteiger partial charge in [0.15, 0.2) is 11.0 Å². The van der Waals surface area contributed by atoms with Gasteiger partial charge in [-0.3, -0.25) is 14.7 Å². The Morgan fingerprint density at radius 1 is 1.24 bits per heavy atom. The summed E-state index contributed by atoms with van der Waals surface area (Å²) in [6, 6.07) is 5.00. The number of ether oxygens (including phenoxy) is 1. The van der Waals surface area contributed by atoms with E-state index in [0.717, 1.165) is 17.8 Å². The number of carbonyl (C=O) groups excluding carboxylic acids is 1. The van der Waals surface area contributed by atoms with Gasteiger partial charge < -0.3 is 4.74 Å². The molecule has 0 radical (unpaired) electrons. The fourth-order valence-corrected chi connectivity index (χ4v) is 5.69. The van der Waals surface area contributed by atoms with Crippen molar-refractivity contribution in [3.63, 3.8) is 0 Å². The van der Waals surface area contributed by atoms with Crippen LogP contribution in [0.5, 0.6) is 5.75 Å². The van der Waals surface area contributed by atoms with E-state index >= 15 is 0 Å². The third-order valence-electron chi connectivity index (χ3n) is 5.33. The predicted octanol–water partition coefficient (Wildman–Crippen LogP) is 5.98. The van der Waals surface area contributed by atoms with Gasteiger partial charge in [-0.15, -0.1) is 27.0 Å². The van der Waals surface area contributed by atoms with E-state index in [1.807, 2.05) is 4.57 Å². The Hall–Kier alpha value is -2.14. The van der Waals surface area contributed by atoms with Gasteiger partial charge in [-0.05, 0) is 25.0 Å². The van der Waals surface area contributed by atoms with Crippen LogP contribution in [0, 0.1) is 0 Å². The van der Waals surface area contributed by atoms with E-state index in [0.29, 0.717) is 44.4 Å². The lowest BCUT2D eigenvalue weighted by atomic mass is 9.90. The van der Waals surface area contributed by atoms with Crippen LogP contribution in [0.1, 0.15) is 48.9 Å². The van der Waals surface area contributed by atoms with Crippen molar-refractivity contribution in [2.45, 2.75) is 56.3 Å². The Morgan fingerprint density at radius 3 is 2.85 bits per heavy atom. The lowest BCUT2D eigenvalue weighted by Crippen LogP contribution is -2.15. The maximum Gasteiger partial charge on any atom is 0.236 e. The minimum absolute atomic E-state index is 0.141. The molecule has 4 rings (SSSR count). The van der Waals surface area contributed by atoms with Crippen LogP contribution in [0.15, 0.2) is 36.0 Å². The van der Waals surface area contributed by atoms with Crippen molar-refractivity contribution >= 4 is 57.3 Å². The quantitative estimate of drug-likeness (QED) is 0.250. The number of hydrogen-bond donors (Lipinski definition) is 1. The molecule has 1 aliphatic rings. The Bertz CT molecular complexity index is 1150. The van der Waals surface area contributed by atoms with Gasteiger partial charge in [-0.25, -0.2) is 0 Å². The zero-order valence-corrected chi connectivity index (χ0v) is 21.5. The van der Waals surface area contributed by atoms with Gasteiger partial charge in [-0.2, -0.15) is 0 Å². The average Bonchev–Trinajstić information content (AvgIpc) is 3.46. The summed E-state index contributed by atoms with van der Waals surface area (Å²) < 4.78 is 7.63. The first-order valence-electron chi connectivity index (χ1n) is 10.9. The number of allylic oxidation sites excluding steroid dienone is 1. The van der Waals surface area contributed by atoms with Gasteiger partial charge >= 0.3 is 0 Å². The minimum atomic E-state index is -0.173. The fourth-order valence-electron chi connectivity index (χ4n) is 3.66. The number of benzene rings is 1. The van der Waals surface area contributed by atoms with Crippen molar-refractivity contribution in [3.8, 4) is 5.75 Å². The third-order valence-corrected chi connectivity index (χ3v) is 7.84. The van der Waals surface area contributed by atoms with Crippen molar-refractivity contribution in [1.82, 2.24) is 25.0 Å². The highest BCUT2D eigenvalue weighted by Crippen LogP contribution is 2.35. The molecule has 8 nitrogen and oxygen atoms in total. The second kappa shape index (κ2) is 12.0. The van der Waals surface area contributed by atoms with Gasteiger partial charge in [0.25, 0.3) is 0 Å². The van der Waals surface area contributed by atoms with Crippen LogP contribution in [-0.4, -0.2) is 36.6 Å². The summed E-state index contributed by atoms with van der Waals surface area (Å²) in [6.07, 6.45) is 7.77. The highest BCUT2D eigenvalue weighted by atomic mass is 35.5. The highest BCUT2D eigenvalue weighted by Gasteiger charge is 2.21. The number of hydrogen-bond acceptors (Lipinski definition) is 8. The molecule has 1 aliphatic carbocycles. The number of carbonyl (C=O) groups is 1. The van der Waals surface area contributed by atoms with Crippen LogP contribution < -0.4 is 10.1 Å². The Morgan fingerprint density at radius 2 is 2.06 bits per heavy atom. The van der Waals surface area contributed by atoms with Crippen LogP contribution in [0.4, 0.5) is 5.13 Å². The second-order valence-corrected chi connectivity index (χ2v) is 10.6. The third kappa shape index (κ3) is 6.50. The largest absolute Gasteiger partial charge is 0.484 e.